The number of esters is 2. The minimum absolute atomic E-state index is 0.0119. The SMILES string of the molecule is CCCCCCCCCc1ccc(C(=O)Oc2ccc(-c3ccc(OC(=O)C(Cl)C(C)C)cc3)cc2)cc1Cl. The van der Waals surface area contributed by atoms with E-state index >= 15 is 0 Å². The molecule has 4 nitrogen and oxygen atoms in total. The number of unbranched alkanes of at least 4 members (excludes halogenated alkanes) is 6. The van der Waals surface area contributed by atoms with Crippen LogP contribution >= 0.6 is 23.2 Å². The summed E-state index contributed by atoms with van der Waals surface area (Å²) in [6.07, 6.45) is 9.66. The van der Waals surface area contributed by atoms with Crippen LogP contribution < -0.4 is 9.47 Å². The van der Waals surface area contributed by atoms with Crippen LogP contribution in [-0.2, 0) is 11.2 Å². The molecular formula is C33H38Cl2O4. The summed E-state index contributed by atoms with van der Waals surface area (Å²) in [7, 11) is 0. The van der Waals surface area contributed by atoms with E-state index in [1.165, 1.54) is 38.5 Å². The third kappa shape index (κ3) is 9.70. The van der Waals surface area contributed by atoms with E-state index in [0.29, 0.717) is 22.1 Å². The van der Waals surface area contributed by atoms with Gasteiger partial charge in [0.15, 0.2) is 0 Å². The highest BCUT2D eigenvalue weighted by atomic mass is 35.5. The Hall–Kier alpha value is -2.82. The molecule has 0 spiro atoms. The Kier molecular flexibility index (Phi) is 12.4. The molecule has 3 aromatic carbocycles. The van der Waals surface area contributed by atoms with Gasteiger partial charge in [-0.25, -0.2) is 4.79 Å². The molecule has 0 N–H and O–H groups in total. The monoisotopic (exact) mass is 568 g/mol. The number of aryl methyl sites for hydroxylation is 1. The summed E-state index contributed by atoms with van der Waals surface area (Å²) >= 11 is 12.5. The van der Waals surface area contributed by atoms with Gasteiger partial charge in [-0.2, -0.15) is 0 Å². The molecule has 0 aliphatic carbocycles. The fourth-order valence-corrected chi connectivity index (χ4v) is 4.51. The van der Waals surface area contributed by atoms with E-state index in [1.807, 2.05) is 44.2 Å². The van der Waals surface area contributed by atoms with Crippen LogP contribution in [0.4, 0.5) is 0 Å². The Morgan fingerprint density at radius 2 is 1.28 bits per heavy atom. The third-order valence-corrected chi connectivity index (χ3v) is 7.65. The van der Waals surface area contributed by atoms with Crippen molar-refractivity contribution in [3.8, 4) is 22.6 Å². The van der Waals surface area contributed by atoms with Crippen molar-refractivity contribution in [3.63, 3.8) is 0 Å². The number of hydrogen-bond donors (Lipinski definition) is 0. The van der Waals surface area contributed by atoms with Crippen molar-refractivity contribution in [2.24, 2.45) is 5.92 Å². The van der Waals surface area contributed by atoms with Gasteiger partial charge in [0.25, 0.3) is 0 Å². The van der Waals surface area contributed by atoms with Gasteiger partial charge in [0.05, 0.1) is 5.56 Å². The number of alkyl halides is 1. The quantitative estimate of drug-likeness (QED) is 0.0839. The summed E-state index contributed by atoms with van der Waals surface area (Å²) in [6.45, 7) is 5.96. The molecule has 0 bridgehead atoms. The Labute approximate surface area is 242 Å². The number of halogens is 2. The maximum Gasteiger partial charge on any atom is 0.343 e. The first-order valence-corrected chi connectivity index (χ1v) is 14.7. The van der Waals surface area contributed by atoms with Gasteiger partial charge in [-0.3, -0.25) is 4.79 Å². The third-order valence-electron chi connectivity index (χ3n) is 6.62. The maximum absolute atomic E-state index is 12.7. The number of carbonyl (C=O) groups is 2. The van der Waals surface area contributed by atoms with Crippen LogP contribution in [0.1, 0.15) is 81.6 Å². The molecule has 0 amide bonds. The van der Waals surface area contributed by atoms with Crippen LogP contribution in [0, 0.1) is 5.92 Å². The molecular weight excluding hydrogens is 531 g/mol. The number of ether oxygens (including phenoxy) is 2. The molecule has 0 radical (unpaired) electrons. The molecule has 208 valence electrons. The average Bonchev–Trinajstić information content (AvgIpc) is 2.93. The molecule has 3 rings (SSSR count). The summed E-state index contributed by atoms with van der Waals surface area (Å²) in [5.41, 5.74) is 3.36. The lowest BCUT2D eigenvalue weighted by Crippen LogP contribution is -2.25. The summed E-state index contributed by atoms with van der Waals surface area (Å²) in [5, 5.41) is -0.0884. The zero-order chi connectivity index (χ0) is 28.2. The highest BCUT2D eigenvalue weighted by Crippen LogP contribution is 2.27. The molecule has 0 aliphatic heterocycles. The van der Waals surface area contributed by atoms with E-state index in [1.54, 1.807) is 36.4 Å². The van der Waals surface area contributed by atoms with Crippen molar-refractivity contribution in [3.05, 3.63) is 82.9 Å². The van der Waals surface area contributed by atoms with Crippen molar-refractivity contribution in [2.45, 2.75) is 77.5 Å². The molecule has 1 atom stereocenters. The number of rotatable bonds is 14. The Morgan fingerprint density at radius 1 is 0.744 bits per heavy atom. The summed E-state index contributed by atoms with van der Waals surface area (Å²) in [5.74, 6) is -0.0406. The van der Waals surface area contributed by atoms with Gasteiger partial charge in [-0.1, -0.05) is 101 Å². The summed E-state index contributed by atoms with van der Waals surface area (Å²) in [4.78, 5) is 24.8. The van der Waals surface area contributed by atoms with Gasteiger partial charge in [0.1, 0.15) is 16.9 Å². The first-order chi connectivity index (χ1) is 18.8. The van der Waals surface area contributed by atoms with E-state index in [0.717, 1.165) is 29.5 Å². The van der Waals surface area contributed by atoms with E-state index in [-0.39, 0.29) is 5.92 Å². The zero-order valence-electron chi connectivity index (χ0n) is 23.1. The number of benzene rings is 3. The molecule has 39 heavy (non-hydrogen) atoms. The van der Waals surface area contributed by atoms with Crippen LogP contribution in [0.3, 0.4) is 0 Å². The standard InChI is InChI=1S/C33H38Cl2O4/c1-4-5-6-7-8-9-10-11-26-12-13-27(22-30(26)34)32(36)38-28-18-14-24(15-19-28)25-16-20-29(21-17-25)39-33(37)31(35)23(2)3/h12-23,31H,4-11H2,1-3H3. The lowest BCUT2D eigenvalue weighted by molar-refractivity contribution is -0.134. The van der Waals surface area contributed by atoms with Gasteiger partial charge >= 0.3 is 11.9 Å². The first kappa shape index (κ1) is 30.7. The average molecular weight is 570 g/mol. The molecule has 0 aromatic heterocycles. The van der Waals surface area contributed by atoms with Gasteiger partial charge in [0, 0.05) is 5.02 Å². The normalized spacial score (nSPS) is 11.8. The highest BCUT2D eigenvalue weighted by molar-refractivity contribution is 6.31. The summed E-state index contributed by atoms with van der Waals surface area (Å²) in [6, 6.07) is 19.8. The minimum Gasteiger partial charge on any atom is -0.425 e. The molecule has 1 unspecified atom stereocenters. The highest BCUT2D eigenvalue weighted by Gasteiger charge is 2.21. The van der Waals surface area contributed by atoms with Crippen LogP contribution in [0.25, 0.3) is 11.1 Å². The zero-order valence-corrected chi connectivity index (χ0v) is 24.6. The Balaban J connectivity index is 1.51. The van der Waals surface area contributed by atoms with Crippen molar-refractivity contribution >= 4 is 35.1 Å². The van der Waals surface area contributed by atoms with E-state index in [4.69, 9.17) is 32.7 Å². The molecule has 0 heterocycles. The number of hydrogen-bond acceptors (Lipinski definition) is 4. The molecule has 0 fully saturated rings. The first-order valence-electron chi connectivity index (χ1n) is 13.9. The van der Waals surface area contributed by atoms with Crippen molar-refractivity contribution in [1.82, 2.24) is 0 Å². The second-order valence-electron chi connectivity index (χ2n) is 10.2. The predicted molar refractivity (Wildman–Crippen MR) is 160 cm³/mol. The van der Waals surface area contributed by atoms with Crippen molar-refractivity contribution < 1.29 is 19.1 Å². The molecule has 0 aliphatic rings. The smallest absolute Gasteiger partial charge is 0.343 e. The van der Waals surface area contributed by atoms with Gasteiger partial charge in [-0.15, -0.1) is 11.6 Å². The second-order valence-corrected chi connectivity index (χ2v) is 11.1. The largest absolute Gasteiger partial charge is 0.425 e. The van der Waals surface area contributed by atoms with E-state index in [2.05, 4.69) is 6.92 Å². The summed E-state index contributed by atoms with van der Waals surface area (Å²) < 4.78 is 10.9. The molecule has 0 saturated heterocycles. The fourth-order valence-electron chi connectivity index (χ4n) is 4.19. The van der Waals surface area contributed by atoms with Crippen LogP contribution in [0.15, 0.2) is 66.7 Å². The molecule has 0 saturated carbocycles. The van der Waals surface area contributed by atoms with E-state index in [9.17, 15) is 9.59 Å². The van der Waals surface area contributed by atoms with Gasteiger partial charge < -0.3 is 9.47 Å². The second kappa shape index (κ2) is 15.7. The van der Waals surface area contributed by atoms with Crippen LogP contribution in [0.5, 0.6) is 11.5 Å². The predicted octanol–water partition coefficient (Wildman–Crippen LogP) is 9.69. The Bertz CT molecular complexity index is 1200. The topological polar surface area (TPSA) is 52.6 Å². The van der Waals surface area contributed by atoms with Gasteiger partial charge in [-0.05, 0) is 71.8 Å². The molecule has 6 heteroatoms. The van der Waals surface area contributed by atoms with E-state index < -0.39 is 17.3 Å². The lowest BCUT2D eigenvalue weighted by Gasteiger charge is -2.12. The maximum atomic E-state index is 12.7. The fraction of sp³-hybridized carbons (Fsp3) is 0.394. The lowest BCUT2D eigenvalue weighted by atomic mass is 10.0. The number of carbonyl (C=O) groups excluding carboxylic acids is 2. The van der Waals surface area contributed by atoms with Crippen molar-refractivity contribution in [2.75, 3.05) is 0 Å². The Morgan fingerprint density at radius 3 is 1.82 bits per heavy atom. The van der Waals surface area contributed by atoms with Crippen molar-refractivity contribution in [1.29, 1.82) is 0 Å². The van der Waals surface area contributed by atoms with Crippen LogP contribution in [0.2, 0.25) is 5.02 Å². The van der Waals surface area contributed by atoms with Gasteiger partial charge in [0.2, 0.25) is 0 Å². The minimum atomic E-state index is -0.691. The van der Waals surface area contributed by atoms with Crippen LogP contribution in [-0.4, -0.2) is 17.3 Å². The molecule has 3 aromatic rings.